The number of oxazole rings is 1. The van der Waals surface area contributed by atoms with Crippen molar-refractivity contribution in [3.63, 3.8) is 0 Å². The van der Waals surface area contributed by atoms with E-state index >= 15 is 0 Å². The van der Waals surface area contributed by atoms with Crippen molar-refractivity contribution in [1.29, 1.82) is 0 Å². The summed E-state index contributed by atoms with van der Waals surface area (Å²) in [4.78, 5) is 28.6. The van der Waals surface area contributed by atoms with Gasteiger partial charge in [-0.1, -0.05) is 35.9 Å². The number of aromatic nitrogens is 2. The normalized spacial score (nSPS) is 11.2. The van der Waals surface area contributed by atoms with Crippen molar-refractivity contribution in [2.24, 2.45) is 0 Å². The van der Waals surface area contributed by atoms with Crippen molar-refractivity contribution in [3.05, 3.63) is 101 Å². The summed E-state index contributed by atoms with van der Waals surface area (Å²) < 4.78 is 7.49. The van der Waals surface area contributed by atoms with Crippen LogP contribution in [0.4, 0.5) is 0 Å². The molecular formula is C25H18ClN3O4. The molecule has 3 aromatic carbocycles. The monoisotopic (exact) mass is 459 g/mol. The fraction of sp³-hybridized carbons (Fsp3) is 0.0800. The summed E-state index contributed by atoms with van der Waals surface area (Å²) in [5.41, 5.74) is 4.48. The molecule has 8 heteroatoms. The lowest BCUT2D eigenvalue weighted by molar-refractivity contribution is 0.0696. The Morgan fingerprint density at radius 3 is 2.48 bits per heavy atom. The van der Waals surface area contributed by atoms with Crippen LogP contribution >= 0.6 is 11.6 Å². The summed E-state index contributed by atoms with van der Waals surface area (Å²) in [6, 6.07) is 17.6. The second-order valence-corrected chi connectivity index (χ2v) is 8.08. The standard InChI is InChI=1S/C25H18ClN3O4/c26-18-7-3-16(4-8-18)13-29-10-9-19-22-21(33-14-28-22)11-20(23(19)29)24(30)27-12-15-1-5-17(6-2-15)25(31)32/h1-11,14H,12-13H2,(H,27,30)(H,31,32). The number of fused-ring (bicyclic) bond motifs is 3. The molecule has 0 unspecified atom stereocenters. The third-order valence-electron chi connectivity index (χ3n) is 5.51. The molecule has 2 N–H and O–H groups in total. The molecule has 2 aromatic heterocycles. The second-order valence-electron chi connectivity index (χ2n) is 7.64. The summed E-state index contributed by atoms with van der Waals surface area (Å²) in [5.74, 6) is -1.26. The van der Waals surface area contributed by atoms with Crippen molar-refractivity contribution in [3.8, 4) is 0 Å². The van der Waals surface area contributed by atoms with Gasteiger partial charge in [0.1, 0.15) is 5.52 Å². The van der Waals surface area contributed by atoms with Crippen LogP contribution in [0.2, 0.25) is 5.02 Å². The highest BCUT2D eigenvalue weighted by molar-refractivity contribution is 6.30. The van der Waals surface area contributed by atoms with Crippen molar-refractivity contribution < 1.29 is 19.1 Å². The SMILES string of the molecule is O=C(O)c1ccc(CNC(=O)c2cc3ocnc3c3ccn(Cc4ccc(Cl)cc4)c23)cc1. The third-order valence-corrected chi connectivity index (χ3v) is 5.76. The number of carbonyl (C=O) groups excluding carboxylic acids is 1. The van der Waals surface area contributed by atoms with E-state index in [4.69, 9.17) is 21.1 Å². The maximum atomic E-state index is 13.2. The Kier molecular flexibility index (Phi) is 5.32. The molecule has 5 aromatic rings. The Morgan fingerprint density at radius 1 is 1.03 bits per heavy atom. The highest BCUT2D eigenvalue weighted by atomic mass is 35.5. The van der Waals surface area contributed by atoms with Gasteiger partial charge in [0.15, 0.2) is 12.0 Å². The number of nitrogens with one attached hydrogen (secondary N) is 1. The van der Waals surface area contributed by atoms with Gasteiger partial charge in [0, 0.05) is 29.7 Å². The first-order valence-electron chi connectivity index (χ1n) is 10.2. The maximum Gasteiger partial charge on any atom is 0.335 e. The number of benzene rings is 3. The lowest BCUT2D eigenvalue weighted by atomic mass is 10.1. The van der Waals surface area contributed by atoms with Gasteiger partial charge in [0.25, 0.3) is 5.91 Å². The Hall–Kier alpha value is -4.10. The number of hydrogen-bond donors (Lipinski definition) is 2. The molecule has 5 rings (SSSR count). The van der Waals surface area contributed by atoms with Crippen LogP contribution in [0.3, 0.4) is 0 Å². The van der Waals surface area contributed by atoms with Crippen molar-refractivity contribution in [2.75, 3.05) is 0 Å². The molecule has 0 spiro atoms. The first-order valence-corrected chi connectivity index (χ1v) is 10.6. The number of nitrogens with zero attached hydrogens (tertiary/aromatic N) is 2. The summed E-state index contributed by atoms with van der Waals surface area (Å²) >= 11 is 6.01. The van der Waals surface area contributed by atoms with E-state index in [-0.39, 0.29) is 18.0 Å². The van der Waals surface area contributed by atoms with Crippen LogP contribution in [0.5, 0.6) is 0 Å². The lowest BCUT2D eigenvalue weighted by Gasteiger charge is -2.11. The minimum atomic E-state index is -0.991. The molecule has 33 heavy (non-hydrogen) atoms. The number of carboxylic acid groups (broad SMARTS) is 1. The average molecular weight is 460 g/mol. The fourth-order valence-corrected chi connectivity index (χ4v) is 3.98. The number of aromatic carboxylic acids is 1. The number of halogens is 1. The molecule has 0 aliphatic carbocycles. The summed E-state index contributed by atoms with van der Waals surface area (Å²) in [6.07, 6.45) is 3.29. The highest BCUT2D eigenvalue weighted by Gasteiger charge is 2.19. The van der Waals surface area contributed by atoms with E-state index in [0.29, 0.717) is 28.2 Å². The molecule has 2 heterocycles. The van der Waals surface area contributed by atoms with Gasteiger partial charge < -0.3 is 19.4 Å². The van der Waals surface area contributed by atoms with E-state index in [0.717, 1.165) is 22.0 Å². The van der Waals surface area contributed by atoms with Crippen molar-refractivity contribution in [1.82, 2.24) is 14.9 Å². The third kappa shape index (κ3) is 4.06. The first-order chi connectivity index (χ1) is 16.0. The molecule has 0 fully saturated rings. The van der Waals surface area contributed by atoms with Gasteiger partial charge in [-0.3, -0.25) is 4.79 Å². The summed E-state index contributed by atoms with van der Waals surface area (Å²) in [7, 11) is 0. The quantitative estimate of drug-likeness (QED) is 0.367. The Bertz CT molecular complexity index is 1480. The molecule has 0 atom stereocenters. The number of rotatable bonds is 6. The zero-order chi connectivity index (χ0) is 22.9. The largest absolute Gasteiger partial charge is 0.478 e. The summed E-state index contributed by atoms with van der Waals surface area (Å²) in [6.45, 7) is 0.813. The molecule has 0 saturated heterocycles. The predicted octanol–water partition coefficient (Wildman–Crippen LogP) is 5.11. The van der Waals surface area contributed by atoms with E-state index in [1.54, 1.807) is 18.2 Å². The minimum Gasteiger partial charge on any atom is -0.478 e. The van der Waals surface area contributed by atoms with E-state index < -0.39 is 5.97 Å². The predicted molar refractivity (Wildman–Crippen MR) is 125 cm³/mol. The number of carboxylic acids is 1. The van der Waals surface area contributed by atoms with Crippen LogP contribution < -0.4 is 5.32 Å². The molecule has 0 saturated carbocycles. The fourth-order valence-electron chi connectivity index (χ4n) is 3.86. The van der Waals surface area contributed by atoms with Gasteiger partial charge in [-0.2, -0.15) is 0 Å². The van der Waals surface area contributed by atoms with Crippen LogP contribution in [-0.2, 0) is 13.1 Å². The van der Waals surface area contributed by atoms with Crippen LogP contribution in [-0.4, -0.2) is 26.5 Å². The molecular weight excluding hydrogens is 442 g/mol. The van der Waals surface area contributed by atoms with Gasteiger partial charge in [-0.25, -0.2) is 9.78 Å². The van der Waals surface area contributed by atoms with Crippen LogP contribution in [0, 0.1) is 0 Å². The highest BCUT2D eigenvalue weighted by Crippen LogP contribution is 2.30. The Balaban J connectivity index is 1.48. The van der Waals surface area contributed by atoms with Crippen LogP contribution in [0.15, 0.2) is 77.7 Å². The molecule has 0 aliphatic heterocycles. The zero-order valence-electron chi connectivity index (χ0n) is 17.3. The molecule has 0 bridgehead atoms. The first kappa shape index (κ1) is 20.8. The minimum absolute atomic E-state index is 0.197. The van der Waals surface area contributed by atoms with E-state index in [9.17, 15) is 9.59 Å². The maximum absolute atomic E-state index is 13.2. The number of amides is 1. The van der Waals surface area contributed by atoms with Gasteiger partial charge in [-0.15, -0.1) is 0 Å². The van der Waals surface area contributed by atoms with Crippen molar-refractivity contribution >= 4 is 45.5 Å². The Morgan fingerprint density at radius 2 is 1.76 bits per heavy atom. The Labute approximate surface area is 193 Å². The average Bonchev–Trinajstić information content (AvgIpc) is 3.45. The molecule has 0 radical (unpaired) electrons. The van der Waals surface area contributed by atoms with Gasteiger partial charge in [0.05, 0.1) is 16.6 Å². The van der Waals surface area contributed by atoms with E-state index in [1.165, 1.54) is 18.5 Å². The molecule has 0 aliphatic rings. The van der Waals surface area contributed by atoms with Gasteiger partial charge in [-0.05, 0) is 47.5 Å². The smallest absolute Gasteiger partial charge is 0.335 e. The van der Waals surface area contributed by atoms with Gasteiger partial charge in [0.2, 0.25) is 0 Å². The van der Waals surface area contributed by atoms with E-state index in [2.05, 4.69) is 10.3 Å². The van der Waals surface area contributed by atoms with E-state index in [1.807, 2.05) is 41.1 Å². The molecule has 164 valence electrons. The second kappa shape index (κ2) is 8.44. The molecule has 7 nitrogen and oxygen atoms in total. The molecule has 1 amide bonds. The van der Waals surface area contributed by atoms with Crippen LogP contribution in [0.1, 0.15) is 31.8 Å². The number of carbonyl (C=O) groups is 2. The van der Waals surface area contributed by atoms with Crippen molar-refractivity contribution in [2.45, 2.75) is 13.1 Å². The van der Waals surface area contributed by atoms with Gasteiger partial charge >= 0.3 is 5.97 Å². The zero-order valence-corrected chi connectivity index (χ0v) is 18.0. The van der Waals surface area contributed by atoms with Crippen LogP contribution in [0.25, 0.3) is 22.0 Å². The summed E-state index contributed by atoms with van der Waals surface area (Å²) in [5, 5.41) is 13.5. The number of hydrogen-bond acceptors (Lipinski definition) is 4. The topological polar surface area (TPSA) is 97.4 Å². The lowest BCUT2D eigenvalue weighted by Crippen LogP contribution is -2.23.